The van der Waals surface area contributed by atoms with Crippen LogP contribution < -0.4 is 0 Å². The van der Waals surface area contributed by atoms with E-state index >= 15 is 0 Å². The predicted molar refractivity (Wildman–Crippen MR) is 65.9 cm³/mol. The van der Waals surface area contributed by atoms with Crippen LogP contribution in [0.5, 0.6) is 0 Å². The van der Waals surface area contributed by atoms with Gasteiger partial charge in [0.2, 0.25) is 0 Å². The standard InChI is InChI=1S/C14H27N/c1-11(2)14(3)9-12-7-5-6-8-13(12)10-15(14)4/h11-13H,5-10H2,1-4H3. The van der Waals surface area contributed by atoms with Gasteiger partial charge < -0.3 is 4.90 Å². The zero-order valence-corrected chi connectivity index (χ0v) is 10.9. The molecule has 1 aliphatic carbocycles. The molecule has 2 aliphatic rings. The maximum absolute atomic E-state index is 2.64. The molecule has 1 aliphatic heterocycles. The van der Waals surface area contributed by atoms with E-state index in [-0.39, 0.29) is 0 Å². The van der Waals surface area contributed by atoms with Gasteiger partial charge in [-0.1, -0.05) is 33.1 Å². The molecule has 2 rings (SSSR count). The van der Waals surface area contributed by atoms with Gasteiger partial charge in [-0.2, -0.15) is 0 Å². The van der Waals surface area contributed by atoms with Gasteiger partial charge in [0.15, 0.2) is 0 Å². The third-order valence-electron chi connectivity index (χ3n) is 5.37. The molecule has 0 N–H and O–H groups in total. The summed E-state index contributed by atoms with van der Waals surface area (Å²) in [6, 6.07) is 0. The topological polar surface area (TPSA) is 3.24 Å². The molecular weight excluding hydrogens is 182 g/mol. The lowest BCUT2D eigenvalue weighted by Gasteiger charge is -2.53. The Morgan fingerprint density at radius 2 is 1.73 bits per heavy atom. The Morgan fingerprint density at radius 1 is 1.13 bits per heavy atom. The molecule has 3 unspecified atom stereocenters. The van der Waals surface area contributed by atoms with Crippen molar-refractivity contribution in [3.05, 3.63) is 0 Å². The van der Waals surface area contributed by atoms with Gasteiger partial charge in [-0.3, -0.25) is 0 Å². The molecule has 1 saturated heterocycles. The molecule has 3 atom stereocenters. The summed E-state index contributed by atoms with van der Waals surface area (Å²) in [7, 11) is 2.34. The van der Waals surface area contributed by atoms with Crippen molar-refractivity contribution >= 4 is 0 Å². The molecule has 2 fully saturated rings. The van der Waals surface area contributed by atoms with E-state index in [9.17, 15) is 0 Å². The molecule has 1 heteroatoms. The molecule has 0 spiro atoms. The van der Waals surface area contributed by atoms with Gasteiger partial charge in [0.25, 0.3) is 0 Å². The Morgan fingerprint density at radius 3 is 2.33 bits per heavy atom. The second kappa shape index (κ2) is 4.08. The molecule has 0 amide bonds. The Hall–Kier alpha value is -0.0400. The van der Waals surface area contributed by atoms with Crippen molar-refractivity contribution in [3.63, 3.8) is 0 Å². The Labute approximate surface area is 95.2 Å². The maximum atomic E-state index is 2.64. The molecule has 0 aromatic carbocycles. The molecule has 88 valence electrons. The van der Waals surface area contributed by atoms with E-state index in [4.69, 9.17) is 0 Å². The molecule has 15 heavy (non-hydrogen) atoms. The largest absolute Gasteiger partial charge is 0.300 e. The molecule has 1 heterocycles. The van der Waals surface area contributed by atoms with Crippen molar-refractivity contribution in [1.82, 2.24) is 4.90 Å². The number of likely N-dealkylation sites (tertiary alicyclic amines) is 1. The minimum Gasteiger partial charge on any atom is -0.300 e. The second-order valence-corrected chi connectivity index (χ2v) is 6.40. The highest BCUT2D eigenvalue weighted by atomic mass is 15.2. The number of nitrogens with zero attached hydrogens (tertiary/aromatic N) is 1. The van der Waals surface area contributed by atoms with Crippen molar-refractivity contribution in [1.29, 1.82) is 0 Å². The Balaban J connectivity index is 2.11. The van der Waals surface area contributed by atoms with Crippen LogP contribution in [0.25, 0.3) is 0 Å². The summed E-state index contributed by atoms with van der Waals surface area (Å²) in [5.41, 5.74) is 0.457. The van der Waals surface area contributed by atoms with E-state index in [0.717, 1.165) is 17.8 Å². The summed E-state index contributed by atoms with van der Waals surface area (Å²) >= 11 is 0. The van der Waals surface area contributed by atoms with E-state index < -0.39 is 0 Å². The van der Waals surface area contributed by atoms with Gasteiger partial charge in [-0.25, -0.2) is 0 Å². The first kappa shape index (κ1) is 11.4. The van der Waals surface area contributed by atoms with Gasteiger partial charge in [0.05, 0.1) is 0 Å². The molecule has 1 nitrogen and oxygen atoms in total. The van der Waals surface area contributed by atoms with Crippen LogP contribution in [-0.2, 0) is 0 Å². The fourth-order valence-electron chi connectivity index (χ4n) is 3.72. The van der Waals surface area contributed by atoms with Crippen molar-refractivity contribution in [2.45, 2.75) is 58.4 Å². The molecule has 0 radical (unpaired) electrons. The second-order valence-electron chi connectivity index (χ2n) is 6.40. The zero-order valence-electron chi connectivity index (χ0n) is 10.9. The number of hydrogen-bond acceptors (Lipinski definition) is 1. The highest BCUT2D eigenvalue weighted by Crippen LogP contribution is 2.44. The third-order valence-corrected chi connectivity index (χ3v) is 5.37. The normalized spacial score (nSPS) is 43.0. The SMILES string of the molecule is CC(C)C1(C)CC2CCCCC2CN1C. The highest BCUT2D eigenvalue weighted by molar-refractivity contribution is 4.97. The lowest BCUT2D eigenvalue weighted by atomic mass is 9.66. The molecule has 0 aromatic rings. The highest BCUT2D eigenvalue weighted by Gasteiger charge is 2.43. The minimum atomic E-state index is 0.457. The van der Waals surface area contributed by atoms with Crippen LogP contribution in [-0.4, -0.2) is 24.0 Å². The predicted octanol–water partition coefficient (Wildman–Crippen LogP) is 3.54. The number of piperidine rings is 1. The summed E-state index contributed by atoms with van der Waals surface area (Å²) in [4.78, 5) is 2.64. The molecule has 0 bridgehead atoms. The average Bonchev–Trinajstić information content (AvgIpc) is 2.19. The number of rotatable bonds is 1. The van der Waals surface area contributed by atoms with Crippen molar-refractivity contribution in [2.75, 3.05) is 13.6 Å². The van der Waals surface area contributed by atoms with Gasteiger partial charge >= 0.3 is 0 Å². The van der Waals surface area contributed by atoms with Crippen LogP contribution in [0.2, 0.25) is 0 Å². The average molecular weight is 209 g/mol. The Bertz CT molecular complexity index is 223. The maximum Gasteiger partial charge on any atom is 0.0204 e. The fraction of sp³-hybridized carbons (Fsp3) is 1.00. The van der Waals surface area contributed by atoms with E-state index in [1.54, 1.807) is 0 Å². The minimum absolute atomic E-state index is 0.457. The van der Waals surface area contributed by atoms with Crippen molar-refractivity contribution in [3.8, 4) is 0 Å². The van der Waals surface area contributed by atoms with Crippen LogP contribution >= 0.6 is 0 Å². The summed E-state index contributed by atoms with van der Waals surface area (Å²) in [5, 5.41) is 0. The third kappa shape index (κ3) is 1.95. The van der Waals surface area contributed by atoms with Crippen LogP contribution in [0.15, 0.2) is 0 Å². The quantitative estimate of drug-likeness (QED) is 0.638. The number of fused-ring (bicyclic) bond motifs is 1. The summed E-state index contributed by atoms with van der Waals surface area (Å²) in [5.74, 6) is 2.82. The van der Waals surface area contributed by atoms with Gasteiger partial charge in [0.1, 0.15) is 0 Å². The molecule has 0 aromatic heterocycles. The van der Waals surface area contributed by atoms with Crippen LogP contribution in [0.1, 0.15) is 52.9 Å². The van der Waals surface area contributed by atoms with Crippen LogP contribution in [0.4, 0.5) is 0 Å². The van der Waals surface area contributed by atoms with Crippen LogP contribution in [0.3, 0.4) is 0 Å². The first-order valence-electron chi connectivity index (χ1n) is 6.75. The summed E-state index contributed by atoms with van der Waals surface area (Å²) < 4.78 is 0. The smallest absolute Gasteiger partial charge is 0.0204 e. The monoisotopic (exact) mass is 209 g/mol. The van der Waals surface area contributed by atoms with Gasteiger partial charge in [-0.15, -0.1) is 0 Å². The Kier molecular flexibility index (Phi) is 3.12. The summed E-state index contributed by atoms with van der Waals surface area (Å²) in [6.45, 7) is 8.60. The lowest BCUT2D eigenvalue weighted by Crippen LogP contribution is -2.56. The van der Waals surface area contributed by atoms with E-state index in [2.05, 4.69) is 32.7 Å². The fourth-order valence-corrected chi connectivity index (χ4v) is 3.72. The van der Waals surface area contributed by atoms with Crippen molar-refractivity contribution < 1.29 is 0 Å². The first-order chi connectivity index (χ1) is 7.04. The van der Waals surface area contributed by atoms with Crippen molar-refractivity contribution in [2.24, 2.45) is 17.8 Å². The van der Waals surface area contributed by atoms with E-state index in [1.807, 2.05) is 0 Å². The van der Waals surface area contributed by atoms with Crippen LogP contribution in [0, 0.1) is 17.8 Å². The number of hydrogen-bond donors (Lipinski definition) is 0. The molecular formula is C14H27N. The van der Waals surface area contributed by atoms with E-state index in [1.165, 1.54) is 38.6 Å². The van der Waals surface area contributed by atoms with Gasteiger partial charge in [-0.05, 0) is 44.6 Å². The first-order valence-corrected chi connectivity index (χ1v) is 6.75. The molecule has 1 saturated carbocycles. The summed E-state index contributed by atoms with van der Waals surface area (Å²) in [6.07, 6.45) is 7.39. The van der Waals surface area contributed by atoms with Gasteiger partial charge in [0, 0.05) is 12.1 Å². The lowest BCUT2D eigenvalue weighted by molar-refractivity contribution is -0.0281. The zero-order chi connectivity index (χ0) is 11.1. The van der Waals surface area contributed by atoms with E-state index in [0.29, 0.717) is 5.54 Å².